The first kappa shape index (κ1) is 19.0. The van der Waals surface area contributed by atoms with Crippen molar-refractivity contribution in [1.82, 2.24) is 4.90 Å². The van der Waals surface area contributed by atoms with E-state index in [0.29, 0.717) is 18.8 Å². The van der Waals surface area contributed by atoms with E-state index < -0.39 is 0 Å². The van der Waals surface area contributed by atoms with E-state index >= 15 is 0 Å². The Hall–Kier alpha value is -2.82. The molecular formula is C22H26N2O3. The number of anilines is 1. The van der Waals surface area contributed by atoms with Crippen LogP contribution in [0.15, 0.2) is 54.6 Å². The van der Waals surface area contributed by atoms with Gasteiger partial charge >= 0.3 is 0 Å². The van der Waals surface area contributed by atoms with Crippen LogP contribution in [0.5, 0.6) is 5.75 Å². The first-order valence-corrected chi connectivity index (χ1v) is 9.21. The number of nitrogens with one attached hydrogen (secondary N) is 1. The summed E-state index contributed by atoms with van der Waals surface area (Å²) < 4.78 is 5.75. The van der Waals surface area contributed by atoms with Gasteiger partial charge in [0.1, 0.15) is 12.4 Å². The molecule has 27 heavy (non-hydrogen) atoms. The zero-order chi connectivity index (χ0) is 19.4. The van der Waals surface area contributed by atoms with E-state index in [1.54, 1.807) is 4.90 Å². The molecule has 2 aromatic rings. The van der Waals surface area contributed by atoms with Crippen molar-refractivity contribution in [1.29, 1.82) is 0 Å². The van der Waals surface area contributed by atoms with Crippen molar-refractivity contribution < 1.29 is 14.3 Å². The van der Waals surface area contributed by atoms with Crippen LogP contribution in [0, 0.1) is 5.92 Å². The van der Waals surface area contributed by atoms with Crippen LogP contribution in [-0.4, -0.2) is 28.8 Å². The van der Waals surface area contributed by atoms with Gasteiger partial charge in [-0.25, -0.2) is 0 Å². The fraction of sp³-hybridized carbons (Fsp3) is 0.364. The summed E-state index contributed by atoms with van der Waals surface area (Å²) in [6, 6.07) is 17.3. The van der Waals surface area contributed by atoms with Crippen LogP contribution >= 0.6 is 0 Å². The molecule has 1 N–H and O–H groups in total. The third-order valence-electron chi connectivity index (χ3n) is 4.68. The molecule has 0 radical (unpaired) electrons. The highest BCUT2D eigenvalue weighted by molar-refractivity contribution is 5.97. The Kier molecular flexibility index (Phi) is 5.49. The fourth-order valence-corrected chi connectivity index (χ4v) is 3.15. The smallest absolute Gasteiger partial charge is 0.229 e. The van der Waals surface area contributed by atoms with Gasteiger partial charge in [0, 0.05) is 24.2 Å². The van der Waals surface area contributed by atoms with Crippen LogP contribution in [0.25, 0.3) is 0 Å². The molecule has 0 aliphatic carbocycles. The van der Waals surface area contributed by atoms with Crippen molar-refractivity contribution in [3.8, 4) is 5.75 Å². The van der Waals surface area contributed by atoms with E-state index in [9.17, 15) is 9.59 Å². The van der Waals surface area contributed by atoms with Crippen LogP contribution in [-0.2, 0) is 16.2 Å². The second-order valence-electron chi connectivity index (χ2n) is 7.86. The molecule has 1 aliphatic rings. The minimum Gasteiger partial charge on any atom is -0.489 e. The van der Waals surface area contributed by atoms with E-state index in [0.717, 1.165) is 11.3 Å². The number of hydrogen-bond donors (Lipinski definition) is 1. The zero-order valence-electron chi connectivity index (χ0n) is 16.1. The summed E-state index contributed by atoms with van der Waals surface area (Å²) in [6.45, 7) is 6.92. The van der Waals surface area contributed by atoms with Gasteiger partial charge < -0.3 is 15.0 Å². The maximum absolute atomic E-state index is 12.5. The lowest BCUT2D eigenvalue weighted by atomic mass is 10.1. The standard InChI is InChI=1S/C22H26N2O3/c1-22(2,3)24-14-17(13-20(24)25)21(26)23-18-9-11-19(12-10-18)27-15-16-7-5-4-6-8-16/h4-12,17H,13-15H2,1-3H3,(H,23,26)/t17-/m0/s1. The Bertz CT molecular complexity index is 795. The monoisotopic (exact) mass is 366 g/mol. The third-order valence-corrected chi connectivity index (χ3v) is 4.68. The molecular weight excluding hydrogens is 340 g/mol. The lowest BCUT2D eigenvalue weighted by Gasteiger charge is -2.31. The molecule has 2 aromatic carbocycles. The van der Waals surface area contributed by atoms with Gasteiger partial charge in [0.05, 0.1) is 5.92 Å². The number of likely N-dealkylation sites (tertiary alicyclic amines) is 1. The molecule has 0 spiro atoms. The fourth-order valence-electron chi connectivity index (χ4n) is 3.15. The Morgan fingerprint density at radius 2 is 1.78 bits per heavy atom. The molecule has 5 nitrogen and oxygen atoms in total. The number of amides is 2. The average Bonchev–Trinajstić information content (AvgIpc) is 3.04. The molecule has 142 valence electrons. The van der Waals surface area contributed by atoms with Crippen LogP contribution in [0.3, 0.4) is 0 Å². The minimum atomic E-state index is -0.314. The highest BCUT2D eigenvalue weighted by atomic mass is 16.5. The van der Waals surface area contributed by atoms with E-state index in [2.05, 4.69) is 5.32 Å². The van der Waals surface area contributed by atoms with Gasteiger partial charge in [0.2, 0.25) is 11.8 Å². The van der Waals surface area contributed by atoms with Crippen molar-refractivity contribution in [2.24, 2.45) is 5.92 Å². The molecule has 2 amide bonds. The number of nitrogens with zero attached hydrogens (tertiary/aromatic N) is 1. The predicted molar refractivity (Wildman–Crippen MR) is 105 cm³/mol. The summed E-state index contributed by atoms with van der Waals surface area (Å²) in [7, 11) is 0. The molecule has 1 saturated heterocycles. The van der Waals surface area contributed by atoms with Crippen LogP contribution in [0.4, 0.5) is 5.69 Å². The second-order valence-corrected chi connectivity index (χ2v) is 7.86. The summed E-state index contributed by atoms with van der Waals surface area (Å²) in [6.07, 6.45) is 0.265. The normalized spacial score (nSPS) is 17.1. The molecule has 1 aliphatic heterocycles. The van der Waals surface area contributed by atoms with Crippen molar-refractivity contribution in [2.75, 3.05) is 11.9 Å². The second kappa shape index (κ2) is 7.82. The summed E-state index contributed by atoms with van der Waals surface area (Å²) in [5.74, 6) is 0.345. The molecule has 3 rings (SSSR count). The summed E-state index contributed by atoms with van der Waals surface area (Å²) >= 11 is 0. The maximum atomic E-state index is 12.5. The third kappa shape index (κ3) is 4.88. The van der Waals surface area contributed by atoms with Crippen LogP contribution < -0.4 is 10.1 Å². The molecule has 1 fully saturated rings. The van der Waals surface area contributed by atoms with Gasteiger partial charge in [-0.2, -0.15) is 0 Å². The van der Waals surface area contributed by atoms with Crippen molar-refractivity contribution in [3.63, 3.8) is 0 Å². The molecule has 1 heterocycles. The lowest BCUT2D eigenvalue weighted by Crippen LogP contribution is -2.42. The van der Waals surface area contributed by atoms with E-state index in [-0.39, 0.29) is 29.7 Å². The largest absolute Gasteiger partial charge is 0.489 e. The van der Waals surface area contributed by atoms with Gasteiger partial charge in [0.15, 0.2) is 0 Å². The Labute approximate surface area is 160 Å². The van der Waals surface area contributed by atoms with Crippen LogP contribution in [0.2, 0.25) is 0 Å². The lowest BCUT2D eigenvalue weighted by molar-refractivity contribution is -0.131. The number of carbonyl (C=O) groups excluding carboxylic acids is 2. The molecule has 1 atom stereocenters. The van der Waals surface area contributed by atoms with Crippen LogP contribution in [0.1, 0.15) is 32.8 Å². The zero-order valence-corrected chi connectivity index (χ0v) is 16.1. The molecule has 0 unspecified atom stereocenters. The SMILES string of the molecule is CC(C)(C)N1C[C@@H](C(=O)Nc2ccc(OCc3ccccc3)cc2)CC1=O. The number of benzene rings is 2. The van der Waals surface area contributed by atoms with Gasteiger partial charge in [-0.3, -0.25) is 9.59 Å². The Balaban J connectivity index is 1.54. The molecule has 0 aromatic heterocycles. The highest BCUT2D eigenvalue weighted by Gasteiger charge is 2.39. The highest BCUT2D eigenvalue weighted by Crippen LogP contribution is 2.27. The minimum absolute atomic E-state index is 0.0345. The van der Waals surface area contributed by atoms with E-state index in [1.165, 1.54) is 0 Å². The van der Waals surface area contributed by atoms with Gasteiger partial charge in [0.25, 0.3) is 0 Å². The average molecular weight is 366 g/mol. The van der Waals surface area contributed by atoms with Gasteiger partial charge in [-0.1, -0.05) is 30.3 Å². The molecule has 0 saturated carbocycles. The van der Waals surface area contributed by atoms with Crippen molar-refractivity contribution in [2.45, 2.75) is 39.3 Å². The number of rotatable bonds is 5. The number of carbonyl (C=O) groups is 2. The van der Waals surface area contributed by atoms with Gasteiger partial charge in [-0.15, -0.1) is 0 Å². The summed E-state index contributed by atoms with van der Waals surface area (Å²) in [4.78, 5) is 26.4. The Morgan fingerprint density at radius 1 is 1.11 bits per heavy atom. The first-order valence-electron chi connectivity index (χ1n) is 9.21. The van der Waals surface area contributed by atoms with Crippen molar-refractivity contribution >= 4 is 17.5 Å². The first-order chi connectivity index (χ1) is 12.8. The number of hydrogen-bond acceptors (Lipinski definition) is 3. The topological polar surface area (TPSA) is 58.6 Å². The summed E-state index contributed by atoms with van der Waals surface area (Å²) in [5, 5.41) is 2.90. The predicted octanol–water partition coefficient (Wildman–Crippen LogP) is 3.85. The quantitative estimate of drug-likeness (QED) is 0.874. The maximum Gasteiger partial charge on any atom is 0.229 e. The molecule has 5 heteroatoms. The van der Waals surface area contributed by atoms with E-state index in [1.807, 2.05) is 75.4 Å². The number of ether oxygens (including phenoxy) is 1. The van der Waals surface area contributed by atoms with Crippen molar-refractivity contribution in [3.05, 3.63) is 60.2 Å². The van der Waals surface area contributed by atoms with Gasteiger partial charge in [-0.05, 0) is 50.6 Å². The Morgan fingerprint density at radius 3 is 2.37 bits per heavy atom. The molecule has 0 bridgehead atoms. The van der Waals surface area contributed by atoms with E-state index in [4.69, 9.17) is 4.74 Å². The summed E-state index contributed by atoms with van der Waals surface area (Å²) in [5.41, 5.74) is 1.54.